The normalized spacial score (nSPS) is 11.2. The number of carbonyl (C=O) groups is 1. The van der Waals surface area contributed by atoms with E-state index in [1.165, 1.54) is 0 Å². The van der Waals surface area contributed by atoms with Crippen LogP contribution < -0.4 is 4.90 Å². The van der Waals surface area contributed by atoms with E-state index in [2.05, 4.69) is 11.0 Å². The van der Waals surface area contributed by atoms with Crippen molar-refractivity contribution >= 4 is 44.4 Å². The van der Waals surface area contributed by atoms with Crippen molar-refractivity contribution in [3.63, 3.8) is 0 Å². The molecule has 3 aromatic rings. The van der Waals surface area contributed by atoms with Gasteiger partial charge >= 0.3 is 0 Å². The zero-order valence-corrected chi connectivity index (χ0v) is 16.9. The fraction of sp³-hybridized carbons (Fsp3) is 0.300. The van der Waals surface area contributed by atoms with E-state index in [1.807, 2.05) is 67.7 Å². The van der Waals surface area contributed by atoms with Crippen LogP contribution in [0.1, 0.15) is 16.8 Å². The lowest BCUT2D eigenvalue weighted by Gasteiger charge is -2.22. The van der Waals surface area contributed by atoms with Gasteiger partial charge in [0.05, 0.1) is 15.8 Å². The highest BCUT2D eigenvalue weighted by molar-refractivity contribution is 7.98. The molecule has 1 heterocycles. The quantitative estimate of drug-likeness (QED) is 0.556. The average Bonchev–Trinajstić information content (AvgIpc) is 3.08. The molecule has 4 nitrogen and oxygen atoms in total. The third-order valence-electron chi connectivity index (χ3n) is 4.08. The Hall–Kier alpha value is -1.89. The predicted molar refractivity (Wildman–Crippen MR) is 113 cm³/mol. The second kappa shape index (κ2) is 8.66. The summed E-state index contributed by atoms with van der Waals surface area (Å²) in [6, 6.07) is 15.8. The number of anilines is 1. The number of para-hydroxylation sites is 1. The molecule has 1 amide bonds. The number of rotatable bonds is 7. The van der Waals surface area contributed by atoms with E-state index >= 15 is 0 Å². The molecule has 2 aromatic carbocycles. The smallest absolute Gasteiger partial charge is 0.261 e. The van der Waals surface area contributed by atoms with Crippen molar-refractivity contribution in [1.82, 2.24) is 9.88 Å². The van der Waals surface area contributed by atoms with Gasteiger partial charge in [0.25, 0.3) is 5.91 Å². The van der Waals surface area contributed by atoms with Crippen LogP contribution in [0, 0.1) is 0 Å². The van der Waals surface area contributed by atoms with Gasteiger partial charge in [0.1, 0.15) is 0 Å². The molecule has 26 heavy (non-hydrogen) atoms. The third kappa shape index (κ3) is 4.26. The van der Waals surface area contributed by atoms with E-state index in [9.17, 15) is 4.79 Å². The summed E-state index contributed by atoms with van der Waals surface area (Å²) < 4.78 is 1.10. The maximum atomic E-state index is 13.3. The minimum Gasteiger partial charge on any atom is -0.309 e. The summed E-state index contributed by atoms with van der Waals surface area (Å²) in [6.07, 6.45) is 2.90. The van der Waals surface area contributed by atoms with Crippen LogP contribution >= 0.6 is 23.1 Å². The molecule has 6 heteroatoms. The SMILES string of the molecule is CSc1ccccc1C(=O)N(CCCN(C)C)c1nc2ccccc2s1. The number of benzene rings is 2. The fourth-order valence-electron chi connectivity index (χ4n) is 2.77. The van der Waals surface area contributed by atoms with E-state index in [0.29, 0.717) is 6.54 Å². The molecular weight excluding hydrogens is 362 g/mol. The van der Waals surface area contributed by atoms with Crippen molar-refractivity contribution in [2.24, 2.45) is 0 Å². The lowest BCUT2D eigenvalue weighted by Crippen LogP contribution is -2.33. The summed E-state index contributed by atoms with van der Waals surface area (Å²) in [5, 5.41) is 0.769. The number of nitrogens with zero attached hydrogens (tertiary/aromatic N) is 3. The predicted octanol–water partition coefficient (Wildman–Crippen LogP) is 4.62. The van der Waals surface area contributed by atoms with Gasteiger partial charge in [-0.25, -0.2) is 4.98 Å². The highest BCUT2D eigenvalue weighted by Gasteiger charge is 2.23. The zero-order chi connectivity index (χ0) is 18.5. The van der Waals surface area contributed by atoms with Gasteiger partial charge in [-0.1, -0.05) is 35.6 Å². The molecule has 0 saturated heterocycles. The number of aromatic nitrogens is 1. The number of thiazole rings is 1. The van der Waals surface area contributed by atoms with Crippen molar-refractivity contribution in [3.05, 3.63) is 54.1 Å². The maximum absolute atomic E-state index is 13.3. The average molecular weight is 386 g/mol. The monoisotopic (exact) mass is 385 g/mol. The lowest BCUT2D eigenvalue weighted by molar-refractivity contribution is 0.0983. The Balaban J connectivity index is 1.95. The molecule has 0 atom stereocenters. The van der Waals surface area contributed by atoms with Crippen LogP contribution in [0.5, 0.6) is 0 Å². The molecule has 0 aliphatic carbocycles. The maximum Gasteiger partial charge on any atom is 0.261 e. The second-order valence-electron chi connectivity index (χ2n) is 6.28. The summed E-state index contributed by atoms with van der Waals surface area (Å²) in [6.45, 7) is 1.58. The summed E-state index contributed by atoms with van der Waals surface area (Å²) in [5.41, 5.74) is 1.68. The summed E-state index contributed by atoms with van der Waals surface area (Å²) in [7, 11) is 4.10. The van der Waals surface area contributed by atoms with Gasteiger partial charge in [0.2, 0.25) is 0 Å². The molecule has 0 bridgehead atoms. The van der Waals surface area contributed by atoms with Crippen molar-refractivity contribution in [3.8, 4) is 0 Å². The van der Waals surface area contributed by atoms with Crippen molar-refractivity contribution in [1.29, 1.82) is 0 Å². The van der Waals surface area contributed by atoms with Gasteiger partial charge in [0, 0.05) is 11.4 Å². The Morgan fingerprint density at radius 3 is 2.54 bits per heavy atom. The Bertz CT molecular complexity index is 858. The van der Waals surface area contributed by atoms with Gasteiger partial charge in [-0.3, -0.25) is 9.69 Å². The minimum atomic E-state index is 0.0211. The molecule has 0 N–H and O–H groups in total. The molecule has 0 saturated carbocycles. The molecule has 0 unspecified atom stereocenters. The number of carbonyl (C=O) groups excluding carboxylic acids is 1. The van der Waals surface area contributed by atoms with Crippen LogP contribution in [-0.4, -0.2) is 49.2 Å². The molecule has 0 radical (unpaired) electrons. The van der Waals surface area contributed by atoms with Gasteiger partial charge in [-0.15, -0.1) is 11.8 Å². The van der Waals surface area contributed by atoms with Gasteiger partial charge in [-0.05, 0) is 57.6 Å². The number of hydrogen-bond donors (Lipinski definition) is 0. The minimum absolute atomic E-state index is 0.0211. The highest BCUT2D eigenvalue weighted by Crippen LogP contribution is 2.31. The summed E-state index contributed by atoms with van der Waals surface area (Å²) in [5.74, 6) is 0.0211. The first-order valence-electron chi connectivity index (χ1n) is 8.55. The lowest BCUT2D eigenvalue weighted by atomic mass is 10.2. The van der Waals surface area contributed by atoms with Gasteiger partial charge in [-0.2, -0.15) is 0 Å². The largest absolute Gasteiger partial charge is 0.309 e. The number of thioether (sulfide) groups is 1. The Labute approximate surface area is 162 Å². The van der Waals surface area contributed by atoms with Crippen LogP contribution in [0.15, 0.2) is 53.4 Å². The zero-order valence-electron chi connectivity index (χ0n) is 15.3. The van der Waals surface area contributed by atoms with Crippen LogP contribution in [0.2, 0.25) is 0 Å². The van der Waals surface area contributed by atoms with Crippen LogP contribution in [0.25, 0.3) is 10.2 Å². The van der Waals surface area contributed by atoms with Crippen molar-refractivity contribution in [2.75, 3.05) is 38.3 Å². The third-order valence-corrected chi connectivity index (χ3v) is 5.94. The Morgan fingerprint density at radius 2 is 1.81 bits per heavy atom. The molecule has 136 valence electrons. The van der Waals surface area contributed by atoms with E-state index in [4.69, 9.17) is 4.98 Å². The van der Waals surface area contributed by atoms with Gasteiger partial charge in [0.15, 0.2) is 5.13 Å². The first-order chi connectivity index (χ1) is 12.6. The van der Waals surface area contributed by atoms with Crippen molar-refractivity contribution in [2.45, 2.75) is 11.3 Å². The Morgan fingerprint density at radius 1 is 1.08 bits per heavy atom. The molecule has 0 aliphatic heterocycles. The van der Waals surface area contributed by atoms with Crippen LogP contribution in [-0.2, 0) is 0 Å². The van der Waals surface area contributed by atoms with Gasteiger partial charge < -0.3 is 4.90 Å². The fourth-order valence-corrected chi connectivity index (χ4v) is 4.35. The molecule has 0 fully saturated rings. The Kier molecular flexibility index (Phi) is 6.29. The highest BCUT2D eigenvalue weighted by atomic mass is 32.2. The van der Waals surface area contributed by atoms with Crippen molar-refractivity contribution < 1.29 is 4.79 Å². The van der Waals surface area contributed by atoms with Crippen LogP contribution in [0.3, 0.4) is 0 Å². The van der Waals surface area contributed by atoms with E-state index in [-0.39, 0.29) is 5.91 Å². The number of hydrogen-bond acceptors (Lipinski definition) is 5. The summed E-state index contributed by atoms with van der Waals surface area (Å²) in [4.78, 5) is 23.0. The van der Waals surface area contributed by atoms with E-state index < -0.39 is 0 Å². The molecule has 0 spiro atoms. The topological polar surface area (TPSA) is 36.4 Å². The molecule has 3 rings (SSSR count). The summed E-state index contributed by atoms with van der Waals surface area (Å²) >= 11 is 3.17. The number of amides is 1. The van der Waals surface area contributed by atoms with E-state index in [0.717, 1.165) is 38.8 Å². The van der Waals surface area contributed by atoms with E-state index in [1.54, 1.807) is 23.1 Å². The molecule has 0 aliphatic rings. The molecule has 1 aromatic heterocycles. The standard InChI is InChI=1S/C20H23N3OS2/c1-22(2)13-8-14-23(19(24)15-9-4-6-11-17(15)25-3)20-21-16-10-5-7-12-18(16)26-20/h4-7,9-12H,8,13-14H2,1-3H3. The van der Waals surface area contributed by atoms with Crippen LogP contribution in [0.4, 0.5) is 5.13 Å². The number of fused-ring (bicyclic) bond motifs is 1. The second-order valence-corrected chi connectivity index (χ2v) is 8.14. The molecular formula is C20H23N3OS2. The first-order valence-corrected chi connectivity index (χ1v) is 10.6. The first kappa shape index (κ1) is 18.9.